The van der Waals surface area contributed by atoms with Gasteiger partial charge in [0.2, 0.25) is 5.13 Å². The summed E-state index contributed by atoms with van der Waals surface area (Å²) < 4.78 is 0. The molecule has 1 amide bonds. The lowest BCUT2D eigenvalue weighted by molar-refractivity contribution is 0.102. The molecule has 6 heteroatoms. The zero-order chi connectivity index (χ0) is 13.9. The highest BCUT2D eigenvalue weighted by atomic mass is 35.5. The molecule has 3 rings (SSSR count). The molecule has 0 aliphatic heterocycles. The molecule has 1 saturated carbocycles. The number of hydrogen-bond donors (Lipinski definition) is 1. The van der Waals surface area contributed by atoms with Gasteiger partial charge in [0.15, 0.2) is 0 Å². The molecule has 0 bridgehead atoms. The first-order valence-electron chi connectivity index (χ1n) is 6.63. The number of carbonyl (C=O) groups is 1. The van der Waals surface area contributed by atoms with Gasteiger partial charge < -0.3 is 0 Å². The van der Waals surface area contributed by atoms with E-state index in [-0.39, 0.29) is 5.91 Å². The zero-order valence-corrected chi connectivity index (χ0v) is 12.4. The minimum absolute atomic E-state index is 0.207. The fraction of sp³-hybridized carbons (Fsp3) is 0.357. The molecule has 1 aliphatic rings. The van der Waals surface area contributed by atoms with Gasteiger partial charge in [-0.2, -0.15) is 0 Å². The highest BCUT2D eigenvalue weighted by Gasteiger charge is 2.21. The number of halogens is 1. The van der Waals surface area contributed by atoms with Crippen LogP contribution < -0.4 is 5.32 Å². The van der Waals surface area contributed by atoms with Crippen LogP contribution in [0.4, 0.5) is 5.13 Å². The zero-order valence-electron chi connectivity index (χ0n) is 10.8. The molecule has 1 fully saturated rings. The number of amides is 1. The molecule has 104 valence electrons. The summed E-state index contributed by atoms with van der Waals surface area (Å²) in [5.74, 6) is 0.311. The first-order valence-corrected chi connectivity index (χ1v) is 7.82. The van der Waals surface area contributed by atoms with Crippen molar-refractivity contribution in [1.82, 2.24) is 10.2 Å². The molecule has 1 aliphatic carbocycles. The van der Waals surface area contributed by atoms with Crippen molar-refractivity contribution in [2.24, 2.45) is 0 Å². The molecule has 0 unspecified atom stereocenters. The molecule has 0 spiro atoms. The summed E-state index contributed by atoms with van der Waals surface area (Å²) in [6.07, 6.45) is 4.87. The summed E-state index contributed by atoms with van der Waals surface area (Å²) in [7, 11) is 0. The Balaban J connectivity index is 1.70. The summed E-state index contributed by atoms with van der Waals surface area (Å²) in [5, 5.41) is 13.1. The number of benzene rings is 1. The molecule has 1 heterocycles. The molecular weight excluding hydrogens is 294 g/mol. The summed E-state index contributed by atoms with van der Waals surface area (Å²) in [6.45, 7) is 0. The van der Waals surface area contributed by atoms with Crippen molar-refractivity contribution < 1.29 is 4.79 Å². The van der Waals surface area contributed by atoms with E-state index >= 15 is 0 Å². The van der Waals surface area contributed by atoms with Crippen LogP contribution in [0.2, 0.25) is 5.02 Å². The third kappa shape index (κ3) is 2.99. The van der Waals surface area contributed by atoms with Crippen LogP contribution in [0.3, 0.4) is 0 Å². The number of nitrogens with zero attached hydrogens (tertiary/aromatic N) is 2. The Labute approximate surface area is 126 Å². The summed E-state index contributed by atoms with van der Waals surface area (Å²) in [6, 6.07) is 6.85. The van der Waals surface area contributed by atoms with Gasteiger partial charge in [-0.3, -0.25) is 10.1 Å². The Hall–Kier alpha value is -1.46. The van der Waals surface area contributed by atoms with Gasteiger partial charge in [-0.05, 0) is 31.0 Å². The van der Waals surface area contributed by atoms with Gasteiger partial charge in [-0.1, -0.05) is 41.8 Å². The molecular formula is C14H14ClN3OS. The van der Waals surface area contributed by atoms with Gasteiger partial charge in [0.25, 0.3) is 5.91 Å². The second-order valence-electron chi connectivity index (χ2n) is 4.89. The normalized spacial score (nSPS) is 15.4. The Kier molecular flexibility index (Phi) is 3.98. The fourth-order valence-electron chi connectivity index (χ4n) is 2.42. The molecule has 0 radical (unpaired) electrons. The molecule has 0 atom stereocenters. The van der Waals surface area contributed by atoms with E-state index in [0.29, 0.717) is 21.6 Å². The van der Waals surface area contributed by atoms with Crippen LogP contribution in [-0.4, -0.2) is 16.1 Å². The highest BCUT2D eigenvalue weighted by molar-refractivity contribution is 7.15. The predicted molar refractivity (Wildman–Crippen MR) is 80.5 cm³/mol. The maximum Gasteiger partial charge on any atom is 0.257 e. The number of anilines is 1. The molecule has 2 aromatic rings. The number of aromatic nitrogens is 2. The van der Waals surface area contributed by atoms with Crippen LogP contribution in [0.15, 0.2) is 24.3 Å². The lowest BCUT2D eigenvalue weighted by Crippen LogP contribution is -2.11. The minimum atomic E-state index is -0.207. The number of carbonyl (C=O) groups excluding carboxylic acids is 1. The summed E-state index contributed by atoms with van der Waals surface area (Å²) in [5.41, 5.74) is 0.523. The molecule has 0 saturated heterocycles. The van der Waals surface area contributed by atoms with Crippen LogP contribution in [-0.2, 0) is 0 Å². The lowest BCUT2D eigenvalue weighted by Gasteiger charge is -2.02. The molecule has 4 nitrogen and oxygen atoms in total. The van der Waals surface area contributed by atoms with E-state index in [1.807, 2.05) is 0 Å². The first kappa shape index (κ1) is 13.5. The monoisotopic (exact) mass is 307 g/mol. The topological polar surface area (TPSA) is 54.9 Å². The third-order valence-electron chi connectivity index (χ3n) is 3.45. The van der Waals surface area contributed by atoms with Gasteiger partial charge >= 0.3 is 0 Å². The van der Waals surface area contributed by atoms with Crippen LogP contribution in [0, 0.1) is 0 Å². The standard InChI is InChI=1S/C14H14ClN3OS/c15-11-7-3-6-10(8-11)12(19)16-14-18-17-13(20-14)9-4-1-2-5-9/h3,6-9H,1-2,4-5H2,(H,16,18,19). The van der Waals surface area contributed by atoms with E-state index in [4.69, 9.17) is 11.6 Å². The van der Waals surface area contributed by atoms with Gasteiger partial charge in [0, 0.05) is 16.5 Å². The second-order valence-corrected chi connectivity index (χ2v) is 6.34. The van der Waals surface area contributed by atoms with E-state index < -0.39 is 0 Å². The quantitative estimate of drug-likeness (QED) is 0.928. The van der Waals surface area contributed by atoms with Gasteiger partial charge in [0.1, 0.15) is 5.01 Å². The number of hydrogen-bond acceptors (Lipinski definition) is 4. The summed E-state index contributed by atoms with van der Waals surface area (Å²) >= 11 is 7.35. The van der Waals surface area contributed by atoms with Crippen LogP contribution in [0.1, 0.15) is 47.0 Å². The van der Waals surface area contributed by atoms with Crippen LogP contribution in [0.25, 0.3) is 0 Å². The van der Waals surface area contributed by atoms with E-state index in [2.05, 4.69) is 15.5 Å². The van der Waals surface area contributed by atoms with Gasteiger partial charge in [0.05, 0.1) is 0 Å². The minimum Gasteiger partial charge on any atom is -0.296 e. The molecule has 1 aromatic carbocycles. The maximum atomic E-state index is 12.1. The van der Waals surface area contributed by atoms with Crippen molar-refractivity contribution in [1.29, 1.82) is 0 Å². The first-order chi connectivity index (χ1) is 9.72. The van der Waals surface area contributed by atoms with Crippen LogP contribution in [0.5, 0.6) is 0 Å². The van der Waals surface area contributed by atoms with Crippen molar-refractivity contribution in [2.45, 2.75) is 31.6 Å². The van der Waals surface area contributed by atoms with E-state index in [9.17, 15) is 4.79 Å². The number of nitrogens with one attached hydrogen (secondary N) is 1. The van der Waals surface area contributed by atoms with Gasteiger partial charge in [-0.15, -0.1) is 10.2 Å². The average Bonchev–Trinajstić information content (AvgIpc) is 3.08. The fourth-order valence-corrected chi connectivity index (χ4v) is 3.52. The molecule has 20 heavy (non-hydrogen) atoms. The third-order valence-corrected chi connectivity index (χ3v) is 4.69. The highest BCUT2D eigenvalue weighted by Crippen LogP contribution is 2.36. The Morgan fingerprint density at radius 1 is 1.30 bits per heavy atom. The molecule has 1 N–H and O–H groups in total. The van der Waals surface area contributed by atoms with Crippen molar-refractivity contribution in [3.8, 4) is 0 Å². The lowest BCUT2D eigenvalue weighted by atomic mass is 10.1. The maximum absolute atomic E-state index is 12.1. The van der Waals surface area contributed by atoms with Gasteiger partial charge in [-0.25, -0.2) is 0 Å². The van der Waals surface area contributed by atoms with Crippen molar-refractivity contribution in [2.75, 3.05) is 5.32 Å². The van der Waals surface area contributed by atoms with Crippen molar-refractivity contribution >= 4 is 34.0 Å². The Morgan fingerprint density at radius 2 is 2.10 bits per heavy atom. The Morgan fingerprint density at radius 3 is 2.85 bits per heavy atom. The van der Waals surface area contributed by atoms with E-state index in [1.54, 1.807) is 24.3 Å². The SMILES string of the molecule is O=C(Nc1nnc(C2CCCC2)s1)c1cccc(Cl)c1. The van der Waals surface area contributed by atoms with E-state index in [1.165, 1.54) is 37.0 Å². The van der Waals surface area contributed by atoms with Crippen molar-refractivity contribution in [3.63, 3.8) is 0 Å². The number of rotatable bonds is 3. The predicted octanol–water partition coefficient (Wildman–Crippen LogP) is 4.10. The smallest absolute Gasteiger partial charge is 0.257 e. The summed E-state index contributed by atoms with van der Waals surface area (Å²) in [4.78, 5) is 12.1. The second kappa shape index (κ2) is 5.89. The van der Waals surface area contributed by atoms with Crippen LogP contribution >= 0.6 is 22.9 Å². The Bertz CT molecular complexity index is 622. The average molecular weight is 308 g/mol. The molecule has 1 aromatic heterocycles. The van der Waals surface area contributed by atoms with Crippen molar-refractivity contribution in [3.05, 3.63) is 39.9 Å². The largest absolute Gasteiger partial charge is 0.296 e. The van der Waals surface area contributed by atoms with E-state index in [0.717, 1.165) is 5.01 Å².